The molecule has 5 atom stereocenters. The van der Waals surface area contributed by atoms with Crippen molar-refractivity contribution >= 4 is 33.0 Å². The Morgan fingerprint density at radius 3 is 2.58 bits per heavy atom. The average molecular weight is 465 g/mol. The first-order valence-electron chi connectivity index (χ1n) is 10.2. The normalized spacial score (nSPS) is 26.3. The van der Waals surface area contributed by atoms with Gasteiger partial charge in [-0.15, -0.1) is 11.3 Å². The summed E-state index contributed by atoms with van der Waals surface area (Å²) in [6.45, 7) is 2.10. The number of benzene rings is 2. The van der Waals surface area contributed by atoms with Crippen LogP contribution in [0, 0.1) is 0 Å². The van der Waals surface area contributed by atoms with Crippen molar-refractivity contribution in [3.05, 3.63) is 63.5 Å². The fraction of sp³-hybridized carbons (Fsp3) is 0.391. The van der Waals surface area contributed by atoms with E-state index >= 15 is 0 Å². The highest BCUT2D eigenvalue weighted by Crippen LogP contribution is 2.36. The van der Waals surface area contributed by atoms with Crippen LogP contribution in [0.25, 0.3) is 10.1 Å². The van der Waals surface area contributed by atoms with E-state index in [1.165, 1.54) is 0 Å². The Balaban J connectivity index is 1.60. The van der Waals surface area contributed by atoms with Gasteiger partial charge in [0.25, 0.3) is 0 Å². The maximum absolute atomic E-state index is 10.4. The Hall–Kier alpha value is -1.71. The summed E-state index contributed by atoms with van der Waals surface area (Å²) in [6.07, 6.45) is -5.38. The third-order valence-corrected chi connectivity index (χ3v) is 6.98. The molecule has 1 aliphatic heterocycles. The van der Waals surface area contributed by atoms with Crippen LogP contribution in [0.3, 0.4) is 0 Å². The quantitative estimate of drug-likeness (QED) is 0.447. The first-order valence-corrected chi connectivity index (χ1v) is 11.3. The summed E-state index contributed by atoms with van der Waals surface area (Å²) in [4.78, 5) is 1.12. The van der Waals surface area contributed by atoms with Crippen molar-refractivity contribution in [1.29, 1.82) is 0 Å². The lowest BCUT2D eigenvalue weighted by Crippen LogP contribution is -2.55. The minimum Gasteiger partial charge on any atom is -0.494 e. The summed E-state index contributed by atoms with van der Waals surface area (Å²) in [5, 5.41) is 41.7. The predicted octanol–water partition coefficient (Wildman–Crippen LogP) is 3.06. The molecular weight excluding hydrogens is 440 g/mol. The summed E-state index contributed by atoms with van der Waals surface area (Å²) in [5.41, 5.74) is 1.48. The van der Waals surface area contributed by atoms with Crippen molar-refractivity contribution in [2.24, 2.45) is 0 Å². The molecule has 0 bridgehead atoms. The lowest BCUT2D eigenvalue weighted by atomic mass is 9.90. The molecule has 0 unspecified atom stereocenters. The first kappa shape index (κ1) is 22.5. The second kappa shape index (κ2) is 9.42. The molecule has 8 heteroatoms. The monoisotopic (exact) mass is 464 g/mol. The zero-order valence-corrected chi connectivity index (χ0v) is 18.5. The van der Waals surface area contributed by atoms with Crippen LogP contribution in [0.5, 0.6) is 5.75 Å². The molecule has 166 valence electrons. The van der Waals surface area contributed by atoms with Crippen LogP contribution in [0.2, 0.25) is 5.02 Å². The zero-order valence-electron chi connectivity index (χ0n) is 16.9. The van der Waals surface area contributed by atoms with Gasteiger partial charge < -0.3 is 29.9 Å². The second-order valence-electron chi connectivity index (χ2n) is 7.62. The Kier molecular flexibility index (Phi) is 6.83. The fourth-order valence-corrected chi connectivity index (χ4v) is 5.18. The SMILES string of the molecule is CCOc1ccc2cc(Cc3cc([C@@H]4O[C@H](CO)[C@@H](O)[C@H](O)[C@H]4O)ccc3Cl)sc2c1. The molecule has 2 aromatic carbocycles. The van der Waals surface area contributed by atoms with Gasteiger partial charge in [-0.05, 0) is 53.8 Å². The van der Waals surface area contributed by atoms with Crippen molar-refractivity contribution in [2.75, 3.05) is 13.2 Å². The number of hydrogen-bond acceptors (Lipinski definition) is 7. The molecule has 0 amide bonds. The molecule has 2 heterocycles. The molecule has 0 radical (unpaired) electrons. The largest absolute Gasteiger partial charge is 0.494 e. The molecule has 6 nitrogen and oxygen atoms in total. The van der Waals surface area contributed by atoms with Gasteiger partial charge in [0.2, 0.25) is 0 Å². The molecule has 1 saturated heterocycles. The number of halogens is 1. The molecule has 1 aromatic heterocycles. The van der Waals surface area contributed by atoms with E-state index < -0.39 is 37.1 Å². The highest BCUT2D eigenvalue weighted by atomic mass is 35.5. The van der Waals surface area contributed by atoms with Gasteiger partial charge in [0.1, 0.15) is 36.3 Å². The van der Waals surface area contributed by atoms with E-state index in [1.807, 2.05) is 31.2 Å². The highest BCUT2D eigenvalue weighted by molar-refractivity contribution is 7.19. The van der Waals surface area contributed by atoms with Crippen molar-refractivity contribution in [1.82, 2.24) is 0 Å². The van der Waals surface area contributed by atoms with E-state index in [0.717, 1.165) is 26.3 Å². The third kappa shape index (κ3) is 4.59. The van der Waals surface area contributed by atoms with Crippen molar-refractivity contribution in [3.63, 3.8) is 0 Å². The summed E-state index contributed by atoms with van der Waals surface area (Å²) < 4.78 is 12.4. The topological polar surface area (TPSA) is 99.4 Å². The fourth-order valence-electron chi connectivity index (χ4n) is 3.88. The van der Waals surface area contributed by atoms with Crippen LogP contribution in [0.15, 0.2) is 42.5 Å². The summed E-state index contributed by atoms with van der Waals surface area (Å²) in [5.74, 6) is 0.839. The second-order valence-corrected chi connectivity index (χ2v) is 9.20. The maximum atomic E-state index is 10.4. The van der Waals surface area contributed by atoms with Gasteiger partial charge in [0.05, 0.1) is 13.2 Å². The molecule has 0 spiro atoms. The van der Waals surface area contributed by atoms with Crippen molar-refractivity contribution < 1.29 is 29.9 Å². The molecule has 1 aliphatic rings. The third-order valence-electron chi connectivity index (χ3n) is 5.51. The number of aliphatic hydroxyl groups excluding tert-OH is 4. The van der Waals surface area contributed by atoms with Gasteiger partial charge in [-0.3, -0.25) is 0 Å². The van der Waals surface area contributed by atoms with E-state index in [0.29, 0.717) is 23.6 Å². The Morgan fingerprint density at radius 1 is 1.03 bits per heavy atom. The Bertz CT molecular complexity index is 1050. The number of rotatable bonds is 6. The smallest absolute Gasteiger partial charge is 0.120 e. The Morgan fingerprint density at radius 2 is 1.84 bits per heavy atom. The minimum absolute atomic E-state index is 0.465. The zero-order chi connectivity index (χ0) is 22.1. The van der Waals surface area contributed by atoms with Crippen LogP contribution in [0.4, 0.5) is 0 Å². The van der Waals surface area contributed by atoms with Crippen LogP contribution in [0.1, 0.15) is 29.0 Å². The van der Waals surface area contributed by atoms with Crippen molar-refractivity contribution in [2.45, 2.75) is 43.9 Å². The first-order chi connectivity index (χ1) is 14.9. The summed E-state index contributed by atoms with van der Waals surface area (Å²) in [6, 6.07) is 13.4. The number of fused-ring (bicyclic) bond motifs is 1. The highest BCUT2D eigenvalue weighted by Gasteiger charge is 2.44. The van der Waals surface area contributed by atoms with Gasteiger partial charge in [-0.2, -0.15) is 0 Å². The number of thiophene rings is 1. The van der Waals surface area contributed by atoms with Gasteiger partial charge in [0, 0.05) is 21.0 Å². The van der Waals surface area contributed by atoms with E-state index in [1.54, 1.807) is 23.5 Å². The minimum atomic E-state index is -1.42. The molecule has 4 rings (SSSR count). The predicted molar refractivity (Wildman–Crippen MR) is 120 cm³/mol. The molecule has 3 aromatic rings. The maximum Gasteiger partial charge on any atom is 0.120 e. The molecule has 31 heavy (non-hydrogen) atoms. The number of ether oxygens (including phenoxy) is 2. The van der Waals surface area contributed by atoms with E-state index in [4.69, 9.17) is 21.1 Å². The standard InChI is InChI=1S/C23H25ClO6S/c1-2-29-15-5-3-12-8-16(31-19(12)10-15)9-14-7-13(4-6-17(14)24)23-22(28)21(27)20(26)18(11-25)30-23/h3-8,10,18,20-23,25-28H,2,9,11H2,1H3/t18-,20-,21+,22-,23+/m1/s1. The lowest BCUT2D eigenvalue weighted by Gasteiger charge is -2.40. The molecule has 4 N–H and O–H groups in total. The van der Waals surface area contributed by atoms with Gasteiger partial charge in [-0.1, -0.05) is 23.7 Å². The van der Waals surface area contributed by atoms with E-state index in [2.05, 4.69) is 6.07 Å². The van der Waals surface area contributed by atoms with Crippen LogP contribution in [-0.4, -0.2) is 58.1 Å². The molecule has 0 saturated carbocycles. The number of aliphatic hydroxyl groups is 4. The van der Waals surface area contributed by atoms with Crippen LogP contribution >= 0.6 is 22.9 Å². The molecule has 1 fully saturated rings. The van der Waals surface area contributed by atoms with E-state index in [-0.39, 0.29) is 0 Å². The lowest BCUT2D eigenvalue weighted by molar-refractivity contribution is -0.231. The average Bonchev–Trinajstić information content (AvgIpc) is 3.16. The summed E-state index contributed by atoms with van der Waals surface area (Å²) >= 11 is 8.11. The van der Waals surface area contributed by atoms with Crippen LogP contribution < -0.4 is 4.74 Å². The molecule has 0 aliphatic carbocycles. The van der Waals surface area contributed by atoms with Gasteiger partial charge in [0.15, 0.2) is 0 Å². The Labute approximate surface area is 189 Å². The summed E-state index contributed by atoms with van der Waals surface area (Å²) in [7, 11) is 0. The number of hydrogen-bond donors (Lipinski definition) is 4. The van der Waals surface area contributed by atoms with Crippen molar-refractivity contribution in [3.8, 4) is 5.75 Å². The van der Waals surface area contributed by atoms with Gasteiger partial charge >= 0.3 is 0 Å². The molecular formula is C23H25ClO6S. The van der Waals surface area contributed by atoms with Gasteiger partial charge in [-0.25, -0.2) is 0 Å². The van der Waals surface area contributed by atoms with E-state index in [9.17, 15) is 20.4 Å². The van der Waals surface area contributed by atoms with Crippen LogP contribution in [-0.2, 0) is 11.2 Å².